The first-order chi connectivity index (χ1) is 14.2. The number of rotatable bonds is 7. The van der Waals surface area contributed by atoms with Crippen molar-refractivity contribution < 1.29 is 22.9 Å². The van der Waals surface area contributed by atoms with E-state index in [4.69, 9.17) is 16.3 Å². The third kappa shape index (κ3) is 4.89. The number of methoxy groups -OCH3 is 1. The molecule has 0 spiro atoms. The van der Waals surface area contributed by atoms with Crippen molar-refractivity contribution in [3.63, 3.8) is 0 Å². The topological polar surface area (TPSA) is 119 Å². The molecule has 2 aromatic carbocycles. The minimum atomic E-state index is -3.61. The molecule has 1 amide bonds. The number of carbonyl (C=O) groups excluding carboxylic acids is 1. The predicted molar refractivity (Wildman–Crippen MR) is 111 cm³/mol. The van der Waals surface area contributed by atoms with Crippen molar-refractivity contribution in [1.82, 2.24) is 9.62 Å². The fourth-order valence-corrected chi connectivity index (χ4v) is 4.71. The van der Waals surface area contributed by atoms with Crippen molar-refractivity contribution in [3.8, 4) is 5.75 Å². The van der Waals surface area contributed by atoms with E-state index in [1.165, 1.54) is 16.4 Å². The summed E-state index contributed by atoms with van der Waals surface area (Å²) in [6.45, 7) is 0.450. The van der Waals surface area contributed by atoms with Crippen LogP contribution < -0.4 is 10.1 Å². The van der Waals surface area contributed by atoms with Crippen molar-refractivity contribution >= 4 is 33.2 Å². The molecular formula is C19H20ClN3O6S. The molecular weight excluding hydrogens is 434 g/mol. The molecule has 160 valence electrons. The summed E-state index contributed by atoms with van der Waals surface area (Å²) in [6.07, 6.45) is 0.571. The SMILES string of the molecule is COc1ccc2c(c1)CCN(S(=O)(=O)CCNC(=O)c1cc([N+](=O)[O-])ccc1Cl)C2. The molecule has 11 heteroatoms. The van der Waals surface area contributed by atoms with E-state index in [2.05, 4.69) is 5.32 Å². The second-order valence-corrected chi connectivity index (χ2v) is 9.21. The van der Waals surface area contributed by atoms with E-state index < -0.39 is 20.9 Å². The Morgan fingerprint density at radius 2 is 2.03 bits per heavy atom. The standard InChI is InChI=1S/C19H20ClN3O6S/c1-29-16-4-2-14-12-22(8-6-13(14)10-16)30(27,28)9-7-21-19(24)17-11-15(23(25)26)3-5-18(17)20/h2-5,10-11H,6-9,12H2,1H3,(H,21,24). The van der Waals surface area contributed by atoms with Crippen LogP contribution in [0.15, 0.2) is 36.4 Å². The van der Waals surface area contributed by atoms with Crippen molar-refractivity contribution in [1.29, 1.82) is 0 Å². The number of non-ortho nitro benzene ring substituents is 1. The number of sulfonamides is 1. The third-order valence-corrected chi connectivity index (χ3v) is 6.98. The van der Waals surface area contributed by atoms with Gasteiger partial charge >= 0.3 is 0 Å². The highest BCUT2D eigenvalue weighted by Crippen LogP contribution is 2.25. The number of carbonyl (C=O) groups is 1. The van der Waals surface area contributed by atoms with Crippen LogP contribution in [0, 0.1) is 10.1 Å². The Morgan fingerprint density at radius 1 is 1.27 bits per heavy atom. The van der Waals surface area contributed by atoms with Crippen LogP contribution >= 0.6 is 11.6 Å². The lowest BCUT2D eigenvalue weighted by Crippen LogP contribution is -2.40. The number of hydrogen-bond donors (Lipinski definition) is 1. The number of ether oxygens (including phenoxy) is 1. The summed E-state index contributed by atoms with van der Waals surface area (Å²) in [6, 6.07) is 9.04. The van der Waals surface area contributed by atoms with Crippen LogP contribution in [0.25, 0.3) is 0 Å². The monoisotopic (exact) mass is 453 g/mol. The summed E-state index contributed by atoms with van der Waals surface area (Å²) in [7, 11) is -2.03. The summed E-state index contributed by atoms with van der Waals surface area (Å²) < 4.78 is 31.9. The first-order valence-electron chi connectivity index (χ1n) is 9.07. The first kappa shape index (κ1) is 22.0. The predicted octanol–water partition coefficient (Wildman–Crippen LogP) is 2.37. The van der Waals surface area contributed by atoms with Crippen LogP contribution in [0.1, 0.15) is 21.5 Å². The van der Waals surface area contributed by atoms with Gasteiger partial charge in [-0.05, 0) is 35.7 Å². The molecule has 0 saturated carbocycles. The molecule has 0 fully saturated rings. The van der Waals surface area contributed by atoms with E-state index in [0.29, 0.717) is 13.0 Å². The van der Waals surface area contributed by atoms with Crippen molar-refractivity contribution in [2.45, 2.75) is 13.0 Å². The van der Waals surface area contributed by atoms with Gasteiger partial charge in [-0.15, -0.1) is 0 Å². The molecule has 0 aliphatic carbocycles. The average Bonchev–Trinajstić information content (AvgIpc) is 2.72. The van der Waals surface area contributed by atoms with Gasteiger partial charge in [-0.25, -0.2) is 8.42 Å². The Morgan fingerprint density at radius 3 is 2.73 bits per heavy atom. The van der Waals surface area contributed by atoms with Crippen LogP contribution in [-0.2, 0) is 23.0 Å². The van der Waals surface area contributed by atoms with E-state index in [1.807, 2.05) is 12.1 Å². The van der Waals surface area contributed by atoms with Gasteiger partial charge in [0.15, 0.2) is 0 Å². The normalized spacial score (nSPS) is 14.1. The van der Waals surface area contributed by atoms with Crippen molar-refractivity contribution in [2.24, 2.45) is 0 Å². The molecule has 1 heterocycles. The van der Waals surface area contributed by atoms with Crippen LogP contribution in [0.2, 0.25) is 5.02 Å². The largest absolute Gasteiger partial charge is 0.497 e. The summed E-state index contributed by atoms with van der Waals surface area (Å²) in [5, 5.41) is 13.4. The number of amides is 1. The maximum absolute atomic E-state index is 12.7. The summed E-state index contributed by atoms with van der Waals surface area (Å²) >= 11 is 5.94. The summed E-state index contributed by atoms with van der Waals surface area (Å²) in [5.41, 5.74) is 1.61. The second kappa shape index (κ2) is 8.99. The zero-order valence-corrected chi connectivity index (χ0v) is 17.7. The van der Waals surface area contributed by atoms with Gasteiger partial charge in [0.25, 0.3) is 11.6 Å². The number of nitrogens with zero attached hydrogens (tertiary/aromatic N) is 2. The van der Waals surface area contributed by atoms with Crippen molar-refractivity contribution in [3.05, 3.63) is 68.2 Å². The maximum atomic E-state index is 12.7. The molecule has 0 aromatic heterocycles. The van der Waals surface area contributed by atoms with Crippen LogP contribution in [0.5, 0.6) is 5.75 Å². The molecule has 0 atom stereocenters. The highest BCUT2D eigenvalue weighted by atomic mass is 35.5. The number of nitro benzene ring substituents is 1. The van der Waals surface area contributed by atoms with E-state index in [9.17, 15) is 23.3 Å². The molecule has 2 aromatic rings. The highest BCUT2D eigenvalue weighted by molar-refractivity contribution is 7.89. The lowest BCUT2D eigenvalue weighted by Gasteiger charge is -2.28. The first-order valence-corrected chi connectivity index (χ1v) is 11.1. The minimum absolute atomic E-state index is 0.0454. The quantitative estimate of drug-likeness (QED) is 0.507. The zero-order valence-electron chi connectivity index (χ0n) is 16.1. The van der Waals surface area contributed by atoms with Crippen LogP contribution in [-0.4, -0.2) is 49.5 Å². The van der Waals surface area contributed by atoms with Gasteiger partial charge in [-0.1, -0.05) is 17.7 Å². The lowest BCUT2D eigenvalue weighted by molar-refractivity contribution is -0.384. The van der Waals surface area contributed by atoms with Gasteiger partial charge in [0.05, 0.1) is 28.4 Å². The number of halogens is 1. The van der Waals surface area contributed by atoms with Crippen molar-refractivity contribution in [2.75, 3.05) is 26.0 Å². The number of nitro groups is 1. The Labute approximate surface area is 178 Å². The smallest absolute Gasteiger partial charge is 0.270 e. The lowest BCUT2D eigenvalue weighted by atomic mass is 10.0. The molecule has 0 bridgehead atoms. The fraction of sp³-hybridized carbons (Fsp3) is 0.316. The number of nitrogens with one attached hydrogen (secondary N) is 1. The molecule has 30 heavy (non-hydrogen) atoms. The van der Waals surface area contributed by atoms with Gasteiger partial charge in [-0.2, -0.15) is 4.31 Å². The summed E-state index contributed by atoms with van der Waals surface area (Å²) in [5.74, 6) is -0.237. The Kier molecular flexibility index (Phi) is 6.59. The van der Waals surface area contributed by atoms with Gasteiger partial charge in [0.2, 0.25) is 10.0 Å². The van der Waals surface area contributed by atoms with Gasteiger partial charge in [-0.3, -0.25) is 14.9 Å². The van der Waals surface area contributed by atoms with Crippen LogP contribution in [0.3, 0.4) is 0 Å². The fourth-order valence-electron chi connectivity index (χ4n) is 3.19. The Bertz CT molecular complexity index is 1090. The number of benzene rings is 2. The molecule has 0 unspecified atom stereocenters. The average molecular weight is 454 g/mol. The van der Waals surface area contributed by atoms with E-state index in [1.54, 1.807) is 13.2 Å². The number of hydrogen-bond acceptors (Lipinski definition) is 6. The number of fused-ring (bicyclic) bond motifs is 1. The van der Waals surface area contributed by atoms with E-state index in [0.717, 1.165) is 22.9 Å². The van der Waals surface area contributed by atoms with Gasteiger partial charge < -0.3 is 10.1 Å². The zero-order chi connectivity index (χ0) is 21.9. The van der Waals surface area contributed by atoms with E-state index >= 15 is 0 Å². The Hall–Kier alpha value is -2.69. The molecule has 3 rings (SSSR count). The van der Waals surface area contributed by atoms with E-state index in [-0.39, 0.29) is 35.1 Å². The Balaban J connectivity index is 1.61. The third-order valence-electron chi connectivity index (χ3n) is 4.84. The summed E-state index contributed by atoms with van der Waals surface area (Å²) in [4.78, 5) is 22.5. The van der Waals surface area contributed by atoms with Gasteiger partial charge in [0.1, 0.15) is 5.75 Å². The van der Waals surface area contributed by atoms with Crippen LogP contribution in [0.4, 0.5) is 5.69 Å². The minimum Gasteiger partial charge on any atom is -0.497 e. The molecule has 0 radical (unpaired) electrons. The second-order valence-electron chi connectivity index (χ2n) is 6.71. The molecule has 1 N–H and O–H groups in total. The molecule has 1 aliphatic rings. The highest BCUT2D eigenvalue weighted by Gasteiger charge is 2.27. The van der Waals surface area contributed by atoms with Gasteiger partial charge in [0, 0.05) is 31.8 Å². The maximum Gasteiger partial charge on any atom is 0.270 e. The molecule has 0 saturated heterocycles. The molecule has 1 aliphatic heterocycles. The molecule has 9 nitrogen and oxygen atoms in total.